The van der Waals surface area contributed by atoms with Crippen LogP contribution in [0.15, 0.2) is 0 Å². The van der Waals surface area contributed by atoms with Crippen molar-refractivity contribution in [3.05, 3.63) is 0 Å². The van der Waals surface area contributed by atoms with Gasteiger partial charge in [0.15, 0.2) is 0 Å². The molecule has 4 unspecified atom stereocenters. The summed E-state index contributed by atoms with van der Waals surface area (Å²) in [7, 11) is 0. The molecule has 3 saturated carbocycles. The van der Waals surface area contributed by atoms with Crippen LogP contribution in [0.1, 0.15) is 51.9 Å². The van der Waals surface area contributed by atoms with Gasteiger partial charge in [0.05, 0.1) is 0 Å². The predicted molar refractivity (Wildman–Crippen MR) is 60.5 cm³/mol. The number of rotatable bonds is 2. The van der Waals surface area contributed by atoms with Gasteiger partial charge in [-0.05, 0) is 43.4 Å². The average Bonchev–Trinajstić information content (AvgIpc) is 2.70. The van der Waals surface area contributed by atoms with Gasteiger partial charge in [0.25, 0.3) is 0 Å². The summed E-state index contributed by atoms with van der Waals surface area (Å²) in [5, 5.41) is 0. The van der Waals surface area contributed by atoms with Gasteiger partial charge in [-0.2, -0.15) is 0 Å². The molecule has 0 aliphatic heterocycles. The maximum Gasteiger partial charge on any atom is 0.139 e. The Morgan fingerprint density at radius 2 is 1.67 bits per heavy atom. The van der Waals surface area contributed by atoms with E-state index in [1.54, 1.807) is 0 Å². The molecule has 0 N–H and O–H groups in total. The molecule has 0 spiro atoms. The van der Waals surface area contributed by atoms with Crippen LogP contribution in [0.2, 0.25) is 0 Å². The first-order chi connectivity index (χ1) is 7.27. The molecule has 1 nitrogen and oxygen atoms in total. The van der Waals surface area contributed by atoms with E-state index >= 15 is 0 Å². The molecule has 3 fully saturated rings. The van der Waals surface area contributed by atoms with Gasteiger partial charge in [0.2, 0.25) is 0 Å². The molecule has 1 heteroatoms. The summed E-state index contributed by atoms with van der Waals surface area (Å²) in [5.74, 6) is 4.09. The van der Waals surface area contributed by atoms with Gasteiger partial charge >= 0.3 is 0 Å². The molecular formula is C14H22O. The topological polar surface area (TPSA) is 17.1 Å². The van der Waals surface area contributed by atoms with Crippen molar-refractivity contribution in [2.24, 2.45) is 29.6 Å². The SMILES string of the molecule is CC1CCCC(C(=O)C2C3CCCC32)C1. The Labute approximate surface area is 92.6 Å². The second kappa shape index (κ2) is 3.61. The Morgan fingerprint density at radius 1 is 1.00 bits per heavy atom. The molecule has 0 saturated heterocycles. The van der Waals surface area contributed by atoms with E-state index in [1.807, 2.05) is 0 Å². The fourth-order valence-electron chi connectivity index (χ4n) is 4.21. The quantitative estimate of drug-likeness (QED) is 0.676. The maximum atomic E-state index is 12.3. The van der Waals surface area contributed by atoms with Gasteiger partial charge < -0.3 is 0 Å². The van der Waals surface area contributed by atoms with Crippen LogP contribution in [0.3, 0.4) is 0 Å². The first kappa shape index (κ1) is 9.86. The van der Waals surface area contributed by atoms with Crippen molar-refractivity contribution in [1.29, 1.82) is 0 Å². The van der Waals surface area contributed by atoms with Gasteiger partial charge in [-0.1, -0.05) is 26.2 Å². The van der Waals surface area contributed by atoms with Gasteiger partial charge in [-0.3, -0.25) is 4.79 Å². The zero-order valence-corrected chi connectivity index (χ0v) is 9.74. The minimum absolute atomic E-state index is 0.448. The second-order valence-corrected chi connectivity index (χ2v) is 6.16. The summed E-state index contributed by atoms with van der Waals surface area (Å²) < 4.78 is 0. The Balaban J connectivity index is 1.60. The predicted octanol–water partition coefficient (Wildman–Crippen LogP) is 3.43. The molecule has 0 radical (unpaired) electrons. The van der Waals surface area contributed by atoms with E-state index in [9.17, 15) is 4.79 Å². The molecule has 3 aliphatic rings. The number of Topliss-reactive ketones (excluding diaryl/α,β-unsaturated/α-hetero) is 1. The molecule has 3 aliphatic carbocycles. The number of carbonyl (C=O) groups is 1. The van der Waals surface area contributed by atoms with E-state index in [0.29, 0.717) is 17.6 Å². The first-order valence-electron chi connectivity index (χ1n) is 6.81. The molecule has 0 heterocycles. The number of hydrogen-bond donors (Lipinski definition) is 0. The van der Waals surface area contributed by atoms with Gasteiger partial charge in [-0.15, -0.1) is 0 Å². The Hall–Kier alpha value is -0.330. The highest BCUT2D eigenvalue weighted by molar-refractivity contribution is 5.86. The number of ketones is 1. The Kier molecular flexibility index (Phi) is 2.37. The third kappa shape index (κ3) is 1.64. The summed E-state index contributed by atoms with van der Waals surface area (Å²) in [6.07, 6.45) is 9.11. The van der Waals surface area contributed by atoms with E-state index < -0.39 is 0 Å². The summed E-state index contributed by atoms with van der Waals surface area (Å²) in [5.41, 5.74) is 0. The fraction of sp³-hybridized carbons (Fsp3) is 0.929. The van der Waals surface area contributed by atoms with E-state index in [4.69, 9.17) is 0 Å². The van der Waals surface area contributed by atoms with Crippen molar-refractivity contribution in [3.8, 4) is 0 Å². The van der Waals surface area contributed by atoms with Crippen LogP contribution < -0.4 is 0 Å². The number of fused-ring (bicyclic) bond motifs is 1. The standard InChI is InChI=1S/C14H22O/c1-9-4-2-5-10(8-9)14(15)13-11-6-3-7-12(11)13/h9-13H,2-8H2,1H3. The van der Waals surface area contributed by atoms with Crippen LogP contribution >= 0.6 is 0 Å². The Bertz CT molecular complexity index is 261. The zero-order chi connectivity index (χ0) is 10.4. The Morgan fingerprint density at radius 3 is 2.33 bits per heavy atom. The molecular weight excluding hydrogens is 184 g/mol. The van der Waals surface area contributed by atoms with Crippen molar-refractivity contribution in [2.45, 2.75) is 51.9 Å². The molecule has 0 aromatic heterocycles. The average molecular weight is 206 g/mol. The van der Waals surface area contributed by atoms with Crippen molar-refractivity contribution in [1.82, 2.24) is 0 Å². The highest BCUT2D eigenvalue weighted by Gasteiger charge is 2.57. The minimum Gasteiger partial charge on any atom is -0.299 e. The van der Waals surface area contributed by atoms with Crippen LogP contribution in [-0.4, -0.2) is 5.78 Å². The second-order valence-electron chi connectivity index (χ2n) is 6.16. The minimum atomic E-state index is 0.448. The van der Waals surface area contributed by atoms with Crippen LogP contribution in [0.5, 0.6) is 0 Å². The molecule has 0 amide bonds. The van der Waals surface area contributed by atoms with Crippen LogP contribution in [0, 0.1) is 29.6 Å². The van der Waals surface area contributed by atoms with Crippen molar-refractivity contribution in [3.63, 3.8) is 0 Å². The van der Waals surface area contributed by atoms with E-state index in [1.165, 1.54) is 44.9 Å². The molecule has 4 atom stereocenters. The van der Waals surface area contributed by atoms with E-state index in [2.05, 4.69) is 6.92 Å². The summed E-state index contributed by atoms with van der Waals surface area (Å²) in [4.78, 5) is 12.3. The molecule has 0 aromatic carbocycles. The lowest BCUT2D eigenvalue weighted by Gasteiger charge is -2.26. The fourth-order valence-corrected chi connectivity index (χ4v) is 4.21. The van der Waals surface area contributed by atoms with Gasteiger partial charge in [-0.25, -0.2) is 0 Å². The largest absolute Gasteiger partial charge is 0.299 e. The molecule has 15 heavy (non-hydrogen) atoms. The van der Waals surface area contributed by atoms with E-state index in [0.717, 1.165) is 17.8 Å². The van der Waals surface area contributed by atoms with Crippen molar-refractivity contribution >= 4 is 5.78 Å². The molecule has 0 bridgehead atoms. The van der Waals surface area contributed by atoms with Crippen LogP contribution in [-0.2, 0) is 4.79 Å². The van der Waals surface area contributed by atoms with Gasteiger partial charge in [0, 0.05) is 11.8 Å². The highest BCUT2D eigenvalue weighted by Crippen LogP contribution is 2.59. The lowest BCUT2D eigenvalue weighted by molar-refractivity contribution is -0.126. The van der Waals surface area contributed by atoms with Crippen LogP contribution in [0.25, 0.3) is 0 Å². The number of hydrogen-bond acceptors (Lipinski definition) is 1. The highest BCUT2D eigenvalue weighted by atomic mass is 16.1. The number of carbonyl (C=O) groups excluding carboxylic acids is 1. The first-order valence-corrected chi connectivity index (χ1v) is 6.81. The molecule has 84 valence electrons. The molecule has 3 rings (SSSR count). The third-order valence-corrected chi connectivity index (χ3v) is 5.07. The summed E-state index contributed by atoms with van der Waals surface area (Å²) >= 11 is 0. The lowest BCUT2D eigenvalue weighted by Crippen LogP contribution is -2.24. The van der Waals surface area contributed by atoms with E-state index in [-0.39, 0.29) is 0 Å². The summed E-state index contributed by atoms with van der Waals surface area (Å²) in [6.45, 7) is 2.31. The lowest BCUT2D eigenvalue weighted by atomic mass is 9.78. The zero-order valence-electron chi connectivity index (χ0n) is 9.74. The van der Waals surface area contributed by atoms with Gasteiger partial charge in [0.1, 0.15) is 5.78 Å². The maximum absolute atomic E-state index is 12.3. The summed E-state index contributed by atoms with van der Waals surface area (Å²) in [6, 6.07) is 0. The van der Waals surface area contributed by atoms with Crippen LogP contribution in [0.4, 0.5) is 0 Å². The molecule has 0 aromatic rings. The third-order valence-electron chi connectivity index (χ3n) is 5.07. The normalized spacial score (nSPS) is 48.7. The monoisotopic (exact) mass is 206 g/mol. The van der Waals surface area contributed by atoms with Crippen molar-refractivity contribution < 1.29 is 4.79 Å². The van der Waals surface area contributed by atoms with Crippen molar-refractivity contribution in [2.75, 3.05) is 0 Å². The smallest absolute Gasteiger partial charge is 0.139 e.